The first-order valence-corrected chi connectivity index (χ1v) is 26.2. The van der Waals surface area contributed by atoms with E-state index in [2.05, 4.69) is 42.2 Å². The molecule has 1 aliphatic heterocycles. The molecule has 0 spiro atoms. The molecule has 72 heavy (non-hydrogen) atoms. The molecule has 9 atom stereocenters. The van der Waals surface area contributed by atoms with E-state index in [9.17, 15) is 58.2 Å². The van der Waals surface area contributed by atoms with Gasteiger partial charge in [0.1, 0.15) is 48.3 Å². The molecule has 27 heteroatoms. The first-order chi connectivity index (χ1) is 34.0. The van der Waals surface area contributed by atoms with E-state index < -0.39 is 132 Å². The zero-order chi connectivity index (χ0) is 54.1. The lowest BCUT2D eigenvalue weighted by Crippen LogP contribution is -2.61. The van der Waals surface area contributed by atoms with Crippen molar-refractivity contribution in [3.8, 4) is 0 Å². The van der Waals surface area contributed by atoms with Gasteiger partial charge >= 0.3 is 5.97 Å². The second-order valence-corrected chi connectivity index (χ2v) is 19.4. The SMILES string of the molecule is CSCC[C@H](NC(=O)[C@H](CCCN=C(N)N)NC(=O)[C@@H](N)Cc1ccccc1)C(=O)N[C@H](C(=O)N[C@@H](CCSC)C(=O)N[C@@H](CO)C(=O)N[C@@H](CC(N)=O)C(=O)N1CCC[C@H]1C(=O)N[C@@H](C)C(=O)O)C(C)C. The maximum Gasteiger partial charge on any atom is 0.325 e. The highest BCUT2D eigenvalue weighted by atomic mass is 32.2. The molecular formula is C45H73N13O12S2. The summed E-state index contributed by atoms with van der Waals surface area (Å²) >= 11 is 2.73. The molecule has 1 aliphatic rings. The first-order valence-electron chi connectivity index (χ1n) is 23.4. The fourth-order valence-electron chi connectivity index (χ4n) is 7.36. The predicted octanol–water partition coefficient (Wildman–Crippen LogP) is -3.87. The third-order valence-corrected chi connectivity index (χ3v) is 12.6. The molecule has 402 valence electrons. The van der Waals surface area contributed by atoms with Crippen molar-refractivity contribution in [1.29, 1.82) is 0 Å². The van der Waals surface area contributed by atoms with Gasteiger partial charge in [0, 0.05) is 13.1 Å². The monoisotopic (exact) mass is 1050 g/mol. The van der Waals surface area contributed by atoms with Gasteiger partial charge in [-0.3, -0.25) is 52.9 Å². The topological polar surface area (TPSA) is 415 Å². The van der Waals surface area contributed by atoms with Crippen LogP contribution < -0.4 is 60.2 Å². The molecule has 9 amide bonds. The lowest BCUT2D eigenvalue weighted by molar-refractivity contribution is -0.145. The number of nitrogens with two attached hydrogens (primary N) is 4. The second kappa shape index (κ2) is 32.0. The summed E-state index contributed by atoms with van der Waals surface area (Å²) in [5.41, 5.74) is 23.4. The highest BCUT2D eigenvalue weighted by molar-refractivity contribution is 7.98. The summed E-state index contributed by atoms with van der Waals surface area (Å²) in [6.07, 6.45) is 3.97. The van der Waals surface area contributed by atoms with Crippen molar-refractivity contribution in [3.05, 3.63) is 35.9 Å². The van der Waals surface area contributed by atoms with Crippen molar-refractivity contribution in [1.82, 2.24) is 42.1 Å². The van der Waals surface area contributed by atoms with Crippen LogP contribution in [0.25, 0.3) is 0 Å². The Morgan fingerprint density at radius 1 is 0.708 bits per heavy atom. The first kappa shape index (κ1) is 61.9. The standard InChI is InChI=1S/C45H73N13O12S2/c1-24(2)35(57-39(64)30(16-20-72-5)53-37(62)28(13-9-17-50-45(48)49)52-36(61)27(46)21-26-11-7-6-8-12-26)42(67)54-29(15-19-71-4)38(63)56-32(23-59)40(65)55-31(22-34(47)60)43(68)58-18-10-14-33(58)41(66)51-25(3)44(69)70/h6-8,11-12,24-25,27-33,35,59H,9-10,13-23,46H2,1-5H3,(H2,47,60)(H,51,66)(H,52,61)(H,53,62)(H,54,67)(H,55,65)(H,56,63)(H,57,64)(H,69,70)(H4,48,49,50)/t25-,27-,28-,29-,30-,31-,32-,33-,35-/m0/s1. The van der Waals surface area contributed by atoms with Crippen LogP contribution in [0.5, 0.6) is 0 Å². The number of thioether (sulfide) groups is 2. The van der Waals surface area contributed by atoms with Crippen molar-refractivity contribution < 1.29 is 58.2 Å². The average molecular weight is 1050 g/mol. The number of likely N-dealkylation sites (tertiary alicyclic amines) is 1. The van der Waals surface area contributed by atoms with E-state index in [0.717, 1.165) is 10.5 Å². The Hall–Kier alpha value is -6.19. The van der Waals surface area contributed by atoms with Crippen LogP contribution >= 0.6 is 23.5 Å². The van der Waals surface area contributed by atoms with E-state index in [1.165, 1.54) is 30.4 Å². The van der Waals surface area contributed by atoms with Gasteiger partial charge in [-0.1, -0.05) is 44.2 Å². The Bertz CT molecular complexity index is 2050. The smallest absolute Gasteiger partial charge is 0.325 e. The fourth-order valence-corrected chi connectivity index (χ4v) is 8.30. The molecule has 25 nitrogen and oxygen atoms in total. The van der Waals surface area contributed by atoms with E-state index in [4.69, 9.17) is 22.9 Å². The Morgan fingerprint density at radius 2 is 1.22 bits per heavy atom. The fraction of sp³-hybridized carbons (Fsp3) is 0.622. The van der Waals surface area contributed by atoms with Gasteiger partial charge in [-0.15, -0.1) is 0 Å². The lowest BCUT2D eigenvalue weighted by Gasteiger charge is -2.30. The number of hydrogen-bond donors (Lipinski definition) is 13. The summed E-state index contributed by atoms with van der Waals surface area (Å²) in [6.45, 7) is 3.68. The number of benzene rings is 1. The van der Waals surface area contributed by atoms with Crippen LogP contribution in [0.4, 0.5) is 0 Å². The minimum absolute atomic E-state index is 0.0106. The predicted molar refractivity (Wildman–Crippen MR) is 271 cm³/mol. The normalized spacial score (nSPS) is 16.5. The number of nitrogens with zero attached hydrogens (tertiary/aromatic N) is 2. The minimum atomic E-state index is -1.73. The van der Waals surface area contributed by atoms with Crippen LogP contribution in [-0.2, 0) is 54.4 Å². The lowest BCUT2D eigenvalue weighted by atomic mass is 10.0. The van der Waals surface area contributed by atoms with Crippen molar-refractivity contribution in [3.63, 3.8) is 0 Å². The third-order valence-electron chi connectivity index (χ3n) is 11.4. The molecular weight excluding hydrogens is 979 g/mol. The number of carbonyl (C=O) groups excluding carboxylic acids is 9. The number of hydrogen-bond acceptors (Lipinski definition) is 15. The largest absolute Gasteiger partial charge is 0.480 e. The van der Waals surface area contributed by atoms with Gasteiger partial charge in [-0.05, 0) is 87.4 Å². The van der Waals surface area contributed by atoms with Gasteiger partial charge in [0.2, 0.25) is 53.2 Å². The number of carboxylic acid groups (broad SMARTS) is 1. The minimum Gasteiger partial charge on any atom is -0.480 e. The number of rotatable bonds is 32. The van der Waals surface area contributed by atoms with E-state index in [1.807, 2.05) is 18.2 Å². The number of aliphatic imine (C=N–C) groups is 1. The number of carboxylic acids is 1. The van der Waals surface area contributed by atoms with E-state index in [0.29, 0.717) is 17.9 Å². The molecule has 0 aromatic heterocycles. The number of carbonyl (C=O) groups is 10. The van der Waals surface area contributed by atoms with Gasteiger partial charge in [0.25, 0.3) is 0 Å². The molecule has 1 saturated heterocycles. The maximum atomic E-state index is 14.0. The molecule has 0 saturated carbocycles. The van der Waals surface area contributed by atoms with E-state index in [-0.39, 0.29) is 57.6 Å². The maximum absolute atomic E-state index is 14.0. The molecule has 0 radical (unpaired) electrons. The molecule has 2 rings (SSSR count). The quantitative estimate of drug-likeness (QED) is 0.0187. The molecule has 17 N–H and O–H groups in total. The highest BCUT2D eigenvalue weighted by Crippen LogP contribution is 2.20. The Kier molecular flexibility index (Phi) is 27.5. The Morgan fingerprint density at radius 3 is 1.75 bits per heavy atom. The summed E-state index contributed by atoms with van der Waals surface area (Å²) in [4.78, 5) is 138. The average Bonchev–Trinajstić information content (AvgIpc) is 3.83. The van der Waals surface area contributed by atoms with Crippen molar-refractivity contribution in [2.75, 3.05) is 43.7 Å². The molecule has 0 aliphatic carbocycles. The number of aliphatic hydroxyl groups excluding tert-OH is 1. The molecule has 1 aromatic carbocycles. The van der Waals surface area contributed by atoms with Crippen LogP contribution in [0, 0.1) is 5.92 Å². The summed E-state index contributed by atoms with van der Waals surface area (Å²) in [6, 6.07) is -2.72. The van der Waals surface area contributed by atoms with Crippen molar-refractivity contribution >= 4 is 88.6 Å². The molecule has 1 aromatic rings. The number of nitrogens with one attached hydrogen (secondary N) is 7. The molecule has 0 bridgehead atoms. The third kappa shape index (κ3) is 21.3. The summed E-state index contributed by atoms with van der Waals surface area (Å²) in [7, 11) is 0. The Labute approximate surface area is 427 Å². The number of primary amides is 1. The molecule has 1 heterocycles. The number of aliphatic hydroxyl groups is 1. The van der Waals surface area contributed by atoms with Gasteiger partial charge in [-0.2, -0.15) is 23.5 Å². The zero-order valence-corrected chi connectivity index (χ0v) is 43.0. The number of guanidine groups is 1. The van der Waals surface area contributed by atoms with Crippen LogP contribution in [-0.4, -0.2) is 178 Å². The summed E-state index contributed by atoms with van der Waals surface area (Å²) in [5.74, 6) is -8.89. The van der Waals surface area contributed by atoms with Crippen molar-refractivity contribution in [2.24, 2.45) is 33.8 Å². The van der Waals surface area contributed by atoms with Crippen LogP contribution in [0.1, 0.15) is 71.3 Å². The van der Waals surface area contributed by atoms with Crippen LogP contribution in [0.15, 0.2) is 35.3 Å². The van der Waals surface area contributed by atoms with Gasteiger partial charge in [0.05, 0.1) is 19.1 Å². The van der Waals surface area contributed by atoms with Gasteiger partial charge in [0.15, 0.2) is 5.96 Å². The Balaban J connectivity index is 2.27. The molecule has 1 fully saturated rings. The van der Waals surface area contributed by atoms with Crippen LogP contribution in [0.2, 0.25) is 0 Å². The summed E-state index contributed by atoms with van der Waals surface area (Å²) in [5, 5.41) is 37.2. The number of amides is 9. The highest BCUT2D eigenvalue weighted by Gasteiger charge is 2.40. The van der Waals surface area contributed by atoms with Crippen molar-refractivity contribution in [2.45, 2.75) is 127 Å². The van der Waals surface area contributed by atoms with E-state index >= 15 is 0 Å². The number of aliphatic carboxylic acids is 1. The molecule has 0 unspecified atom stereocenters. The second-order valence-electron chi connectivity index (χ2n) is 17.5. The van der Waals surface area contributed by atoms with Crippen LogP contribution in [0.3, 0.4) is 0 Å². The van der Waals surface area contributed by atoms with E-state index in [1.54, 1.807) is 38.5 Å². The zero-order valence-electron chi connectivity index (χ0n) is 41.3. The summed E-state index contributed by atoms with van der Waals surface area (Å²) < 4.78 is 0. The van der Waals surface area contributed by atoms with Gasteiger partial charge < -0.3 is 75.3 Å². The van der Waals surface area contributed by atoms with Gasteiger partial charge in [-0.25, -0.2) is 0 Å².